The molecular weight excluding hydrogens is 302 g/mol. The number of nitrogen functional groups attached to an aromatic ring is 1. The molecule has 1 aliphatic heterocycles. The van der Waals surface area contributed by atoms with Crippen molar-refractivity contribution in [3.63, 3.8) is 0 Å². The molecule has 0 spiro atoms. The molecule has 10 heteroatoms. The summed E-state index contributed by atoms with van der Waals surface area (Å²) in [7, 11) is -3.76. The van der Waals surface area contributed by atoms with Gasteiger partial charge < -0.3 is 10.2 Å². The molecule has 20 heavy (non-hydrogen) atoms. The number of rotatable bonds is 4. The van der Waals surface area contributed by atoms with E-state index in [4.69, 9.17) is 10.6 Å². The molecule has 1 saturated heterocycles. The number of aromatic nitrogens is 2. The minimum Gasteiger partial charge on any atom is -0.379 e. The van der Waals surface area contributed by atoms with Crippen LogP contribution >= 0.6 is 11.3 Å². The first-order valence-electron chi connectivity index (χ1n) is 5.99. The number of nitrogens with one attached hydrogen (secondary N) is 2. The van der Waals surface area contributed by atoms with Crippen LogP contribution in [0.5, 0.6) is 0 Å². The number of ether oxygens (including phenoxy) is 1. The lowest BCUT2D eigenvalue weighted by Crippen LogP contribution is -2.46. The van der Waals surface area contributed by atoms with E-state index in [0.717, 1.165) is 0 Å². The fourth-order valence-electron chi connectivity index (χ4n) is 2.24. The van der Waals surface area contributed by atoms with Crippen LogP contribution in [0.4, 0.5) is 5.82 Å². The highest BCUT2D eigenvalue weighted by atomic mass is 32.2. The summed E-state index contributed by atoms with van der Waals surface area (Å²) in [5.41, 5.74) is 1.73. The summed E-state index contributed by atoms with van der Waals surface area (Å²) in [5, 5.41) is 1.78. The van der Waals surface area contributed by atoms with Gasteiger partial charge in [0, 0.05) is 18.2 Å². The molecule has 0 aliphatic carbocycles. The van der Waals surface area contributed by atoms with E-state index in [0.29, 0.717) is 24.6 Å². The zero-order valence-corrected chi connectivity index (χ0v) is 12.4. The van der Waals surface area contributed by atoms with E-state index < -0.39 is 15.6 Å². The van der Waals surface area contributed by atoms with Crippen molar-refractivity contribution in [1.82, 2.24) is 14.1 Å². The van der Waals surface area contributed by atoms with E-state index in [-0.39, 0.29) is 10.8 Å². The maximum absolute atomic E-state index is 12.6. The van der Waals surface area contributed by atoms with E-state index in [2.05, 4.69) is 15.1 Å². The first kappa shape index (κ1) is 13.8. The van der Waals surface area contributed by atoms with E-state index in [1.165, 1.54) is 15.7 Å². The number of anilines is 1. The van der Waals surface area contributed by atoms with Gasteiger partial charge in [-0.2, -0.15) is 4.98 Å². The summed E-state index contributed by atoms with van der Waals surface area (Å²) < 4.78 is 34.7. The molecule has 0 amide bonds. The number of hydrazine groups is 1. The van der Waals surface area contributed by atoms with E-state index in [1.807, 2.05) is 6.92 Å². The van der Waals surface area contributed by atoms with Gasteiger partial charge in [-0.05, 0) is 13.3 Å². The molecule has 3 rings (SSSR count). The van der Waals surface area contributed by atoms with Gasteiger partial charge >= 0.3 is 0 Å². The molecule has 8 nitrogen and oxygen atoms in total. The Balaban J connectivity index is 2.06. The fraction of sp³-hybridized carbons (Fsp3) is 0.500. The molecule has 1 atom stereocenters. The molecule has 1 aliphatic rings. The fourth-order valence-corrected chi connectivity index (χ4v) is 4.68. The number of nitrogens with two attached hydrogens (primary N) is 1. The van der Waals surface area contributed by atoms with Crippen LogP contribution in [0.3, 0.4) is 0 Å². The largest absolute Gasteiger partial charge is 0.379 e. The maximum atomic E-state index is 12.6. The van der Waals surface area contributed by atoms with Crippen molar-refractivity contribution in [3.05, 3.63) is 11.6 Å². The van der Waals surface area contributed by atoms with Crippen molar-refractivity contribution in [3.8, 4) is 0 Å². The number of fused-ring (bicyclic) bond motifs is 1. The third kappa shape index (κ3) is 2.19. The SMILES string of the molecule is CC1(NS(=O)(=O)c2c(NN)nc3sccn23)CCOC1. The van der Waals surface area contributed by atoms with Gasteiger partial charge in [-0.15, -0.1) is 11.3 Å². The van der Waals surface area contributed by atoms with Crippen molar-refractivity contribution >= 4 is 32.1 Å². The van der Waals surface area contributed by atoms with Crippen LogP contribution in [0, 0.1) is 0 Å². The van der Waals surface area contributed by atoms with Crippen LogP contribution in [0.2, 0.25) is 0 Å². The third-order valence-electron chi connectivity index (χ3n) is 3.21. The van der Waals surface area contributed by atoms with E-state index in [9.17, 15) is 8.42 Å². The van der Waals surface area contributed by atoms with E-state index >= 15 is 0 Å². The predicted molar refractivity (Wildman–Crippen MR) is 75.0 cm³/mol. The Hall–Kier alpha value is -1.20. The lowest BCUT2D eigenvalue weighted by atomic mass is 10.0. The number of thiazole rings is 1. The van der Waals surface area contributed by atoms with E-state index in [1.54, 1.807) is 11.6 Å². The van der Waals surface area contributed by atoms with Gasteiger partial charge in [0.2, 0.25) is 5.03 Å². The molecule has 0 saturated carbocycles. The quantitative estimate of drug-likeness (QED) is 0.546. The predicted octanol–water partition coefficient (Wildman–Crippen LogP) is 0.139. The monoisotopic (exact) mass is 317 g/mol. The third-order valence-corrected chi connectivity index (χ3v) is 5.63. The van der Waals surface area contributed by atoms with Gasteiger partial charge in [-0.1, -0.05) is 0 Å². The van der Waals surface area contributed by atoms with Crippen LogP contribution in [0.25, 0.3) is 4.96 Å². The molecule has 1 fully saturated rings. The van der Waals surface area contributed by atoms with Crippen molar-refractivity contribution < 1.29 is 13.2 Å². The molecule has 0 radical (unpaired) electrons. The molecule has 110 valence electrons. The van der Waals surface area contributed by atoms with Gasteiger partial charge in [0.1, 0.15) is 0 Å². The maximum Gasteiger partial charge on any atom is 0.261 e. The zero-order valence-electron chi connectivity index (χ0n) is 10.8. The molecule has 1 unspecified atom stereocenters. The Morgan fingerprint density at radius 3 is 3.05 bits per heavy atom. The molecule has 3 heterocycles. The number of hydrogen-bond donors (Lipinski definition) is 3. The highest BCUT2D eigenvalue weighted by molar-refractivity contribution is 7.89. The van der Waals surface area contributed by atoms with Gasteiger partial charge in [0.25, 0.3) is 10.0 Å². The molecule has 2 aromatic heterocycles. The number of sulfonamides is 1. The number of imidazole rings is 1. The first-order chi connectivity index (χ1) is 9.45. The minimum atomic E-state index is -3.76. The zero-order chi connectivity index (χ0) is 14.4. The highest BCUT2D eigenvalue weighted by Crippen LogP contribution is 2.27. The Kier molecular flexibility index (Phi) is 3.21. The van der Waals surface area contributed by atoms with Crippen LogP contribution in [0.1, 0.15) is 13.3 Å². The summed E-state index contributed by atoms with van der Waals surface area (Å²) >= 11 is 1.34. The Labute approximate surface area is 120 Å². The van der Waals surface area contributed by atoms with Crippen LogP contribution < -0.4 is 16.0 Å². The normalized spacial score (nSPS) is 23.5. The number of nitrogens with zero attached hydrogens (tertiary/aromatic N) is 2. The molecule has 2 aromatic rings. The molecular formula is C10H15N5O3S2. The highest BCUT2D eigenvalue weighted by Gasteiger charge is 2.37. The Morgan fingerprint density at radius 2 is 2.40 bits per heavy atom. The minimum absolute atomic E-state index is 0.0179. The summed E-state index contributed by atoms with van der Waals surface area (Å²) in [6.45, 7) is 2.71. The molecule has 0 bridgehead atoms. The van der Waals surface area contributed by atoms with Crippen LogP contribution in [-0.2, 0) is 14.8 Å². The van der Waals surface area contributed by atoms with Gasteiger partial charge in [-0.3, -0.25) is 4.40 Å². The van der Waals surface area contributed by atoms with Crippen LogP contribution in [-0.4, -0.2) is 36.6 Å². The standard InChI is InChI=1S/C10H15N5O3S2/c1-10(2-4-18-6-10)14-20(16,17)8-7(13-11)12-9-15(8)3-5-19-9/h3,5,13-14H,2,4,6,11H2,1H3. The number of hydrogen-bond acceptors (Lipinski definition) is 7. The van der Waals surface area contributed by atoms with Crippen molar-refractivity contribution in [1.29, 1.82) is 0 Å². The van der Waals surface area contributed by atoms with Gasteiger partial charge in [0.05, 0.1) is 12.1 Å². The average molecular weight is 317 g/mol. The molecule has 0 aromatic carbocycles. The summed E-state index contributed by atoms with van der Waals surface area (Å²) in [5.74, 6) is 5.50. The van der Waals surface area contributed by atoms with Crippen molar-refractivity contribution in [2.24, 2.45) is 5.84 Å². The Morgan fingerprint density at radius 1 is 1.60 bits per heavy atom. The average Bonchev–Trinajstić information content (AvgIpc) is 3.01. The lowest BCUT2D eigenvalue weighted by Gasteiger charge is -2.23. The van der Waals surface area contributed by atoms with Crippen molar-refractivity contribution in [2.75, 3.05) is 18.6 Å². The summed E-state index contributed by atoms with van der Waals surface area (Å²) in [6, 6.07) is 0. The van der Waals surface area contributed by atoms with Crippen LogP contribution in [0.15, 0.2) is 16.6 Å². The topological polar surface area (TPSA) is 111 Å². The first-order valence-corrected chi connectivity index (χ1v) is 8.35. The smallest absolute Gasteiger partial charge is 0.261 e. The second-order valence-corrected chi connectivity index (χ2v) is 7.40. The second-order valence-electron chi connectivity index (χ2n) is 4.93. The summed E-state index contributed by atoms with van der Waals surface area (Å²) in [6.07, 6.45) is 2.28. The van der Waals surface area contributed by atoms with Crippen molar-refractivity contribution in [2.45, 2.75) is 23.9 Å². The Bertz CT molecular complexity index is 729. The summed E-state index contributed by atoms with van der Waals surface area (Å²) in [4.78, 5) is 4.71. The second kappa shape index (κ2) is 4.67. The van der Waals surface area contributed by atoms with Gasteiger partial charge in [-0.25, -0.2) is 19.0 Å². The molecule has 4 N–H and O–H groups in total. The van der Waals surface area contributed by atoms with Gasteiger partial charge in [0.15, 0.2) is 10.8 Å². The lowest BCUT2D eigenvalue weighted by molar-refractivity contribution is 0.178.